The fourth-order valence-corrected chi connectivity index (χ4v) is 3.33. The van der Waals surface area contributed by atoms with Crippen molar-refractivity contribution >= 4 is 45.3 Å². The molecule has 1 fully saturated rings. The molecule has 1 unspecified atom stereocenters. The summed E-state index contributed by atoms with van der Waals surface area (Å²) in [5.74, 6) is 0.0954. The zero-order valence-corrected chi connectivity index (χ0v) is 13.2. The molecule has 0 amide bonds. The molecule has 104 valence electrons. The number of aromatic nitrogens is 2. The SMILES string of the molecule is CC1(C(=O)O)CCN(c2ncnc3cccc(I)c23)C1. The molecule has 0 aliphatic carbocycles. The van der Waals surface area contributed by atoms with Crippen molar-refractivity contribution in [2.24, 2.45) is 5.41 Å². The molecular formula is C14H14IN3O2. The molecule has 0 spiro atoms. The predicted molar refractivity (Wildman–Crippen MR) is 84.8 cm³/mol. The monoisotopic (exact) mass is 383 g/mol. The number of fused-ring (bicyclic) bond motifs is 1. The molecule has 2 heterocycles. The molecule has 1 aliphatic rings. The van der Waals surface area contributed by atoms with Crippen LogP contribution < -0.4 is 4.90 Å². The van der Waals surface area contributed by atoms with Crippen LogP contribution in [-0.4, -0.2) is 34.1 Å². The average Bonchev–Trinajstić information content (AvgIpc) is 2.82. The smallest absolute Gasteiger partial charge is 0.311 e. The first-order valence-corrected chi connectivity index (χ1v) is 7.47. The van der Waals surface area contributed by atoms with Crippen LogP contribution in [-0.2, 0) is 4.79 Å². The van der Waals surface area contributed by atoms with Gasteiger partial charge in [0, 0.05) is 16.7 Å². The first kappa shape index (κ1) is 13.5. The van der Waals surface area contributed by atoms with Crippen LogP contribution in [0.15, 0.2) is 24.5 Å². The maximum absolute atomic E-state index is 11.4. The van der Waals surface area contributed by atoms with E-state index in [1.807, 2.05) is 18.2 Å². The van der Waals surface area contributed by atoms with Crippen LogP contribution in [0.4, 0.5) is 5.82 Å². The summed E-state index contributed by atoms with van der Waals surface area (Å²) in [6, 6.07) is 5.93. The van der Waals surface area contributed by atoms with Crippen molar-refractivity contribution in [3.05, 3.63) is 28.1 Å². The van der Waals surface area contributed by atoms with E-state index in [1.165, 1.54) is 0 Å². The Balaban J connectivity index is 2.06. The van der Waals surface area contributed by atoms with E-state index in [2.05, 4.69) is 37.5 Å². The van der Waals surface area contributed by atoms with Gasteiger partial charge in [-0.25, -0.2) is 9.97 Å². The maximum Gasteiger partial charge on any atom is 0.311 e. The minimum absolute atomic E-state index is 0.486. The molecular weight excluding hydrogens is 369 g/mol. The summed E-state index contributed by atoms with van der Waals surface area (Å²) in [5.41, 5.74) is 0.197. The molecule has 1 N–H and O–H groups in total. The van der Waals surface area contributed by atoms with E-state index < -0.39 is 11.4 Å². The first-order valence-electron chi connectivity index (χ1n) is 6.39. The topological polar surface area (TPSA) is 66.3 Å². The Morgan fingerprint density at radius 1 is 1.45 bits per heavy atom. The third-order valence-electron chi connectivity index (χ3n) is 3.88. The van der Waals surface area contributed by atoms with Gasteiger partial charge in [0.15, 0.2) is 0 Å². The van der Waals surface area contributed by atoms with Crippen molar-refractivity contribution in [3.63, 3.8) is 0 Å². The molecule has 5 nitrogen and oxygen atoms in total. The third-order valence-corrected chi connectivity index (χ3v) is 4.78. The van der Waals surface area contributed by atoms with E-state index >= 15 is 0 Å². The van der Waals surface area contributed by atoms with Crippen molar-refractivity contribution in [2.75, 3.05) is 18.0 Å². The zero-order valence-electron chi connectivity index (χ0n) is 11.0. The predicted octanol–water partition coefficient (Wildman–Crippen LogP) is 2.54. The Labute approximate surface area is 130 Å². The van der Waals surface area contributed by atoms with Crippen molar-refractivity contribution in [3.8, 4) is 0 Å². The fourth-order valence-electron chi connectivity index (χ4n) is 2.61. The molecule has 1 aromatic heterocycles. The first-order chi connectivity index (χ1) is 9.51. The lowest BCUT2D eigenvalue weighted by Crippen LogP contribution is -2.32. The van der Waals surface area contributed by atoms with E-state index in [0.29, 0.717) is 19.5 Å². The Morgan fingerprint density at radius 3 is 2.95 bits per heavy atom. The van der Waals surface area contributed by atoms with Gasteiger partial charge in [0.25, 0.3) is 0 Å². The molecule has 1 saturated heterocycles. The number of carbonyl (C=O) groups is 1. The number of rotatable bonds is 2. The molecule has 20 heavy (non-hydrogen) atoms. The van der Waals surface area contributed by atoms with Crippen LogP contribution in [0.5, 0.6) is 0 Å². The van der Waals surface area contributed by atoms with Gasteiger partial charge < -0.3 is 10.0 Å². The number of hydrogen-bond donors (Lipinski definition) is 1. The van der Waals surface area contributed by atoms with Gasteiger partial charge in [0.1, 0.15) is 12.1 Å². The summed E-state index contributed by atoms with van der Waals surface area (Å²) < 4.78 is 1.08. The van der Waals surface area contributed by atoms with Crippen LogP contribution in [0.1, 0.15) is 13.3 Å². The van der Waals surface area contributed by atoms with Gasteiger partial charge in [-0.3, -0.25) is 4.79 Å². The van der Waals surface area contributed by atoms with Crippen LogP contribution in [0.2, 0.25) is 0 Å². The van der Waals surface area contributed by atoms with E-state index in [-0.39, 0.29) is 0 Å². The number of benzene rings is 1. The number of carboxylic acids is 1. The number of aliphatic carboxylic acids is 1. The molecule has 1 atom stereocenters. The Hall–Kier alpha value is -1.44. The van der Waals surface area contributed by atoms with E-state index in [9.17, 15) is 9.90 Å². The molecule has 0 bridgehead atoms. The highest BCUT2D eigenvalue weighted by molar-refractivity contribution is 14.1. The van der Waals surface area contributed by atoms with Crippen LogP contribution in [0.3, 0.4) is 0 Å². The highest BCUT2D eigenvalue weighted by Crippen LogP contribution is 2.36. The number of halogens is 1. The van der Waals surface area contributed by atoms with Crippen molar-refractivity contribution < 1.29 is 9.90 Å². The van der Waals surface area contributed by atoms with Gasteiger partial charge in [0.2, 0.25) is 0 Å². The highest BCUT2D eigenvalue weighted by atomic mass is 127. The molecule has 1 aliphatic heterocycles. The van der Waals surface area contributed by atoms with Crippen LogP contribution in [0.25, 0.3) is 10.9 Å². The van der Waals surface area contributed by atoms with Gasteiger partial charge in [-0.05, 0) is 48.1 Å². The number of hydrogen-bond acceptors (Lipinski definition) is 4. The van der Waals surface area contributed by atoms with Crippen LogP contribution in [0, 0.1) is 8.99 Å². The summed E-state index contributed by atoms with van der Waals surface area (Å²) >= 11 is 2.27. The Kier molecular flexibility index (Phi) is 3.27. The molecule has 2 aromatic rings. The van der Waals surface area contributed by atoms with Gasteiger partial charge in [-0.2, -0.15) is 0 Å². The van der Waals surface area contributed by atoms with Crippen LogP contribution >= 0.6 is 22.6 Å². The van der Waals surface area contributed by atoms with Gasteiger partial charge in [0.05, 0.1) is 16.3 Å². The molecule has 0 saturated carbocycles. The molecule has 3 rings (SSSR count). The third kappa shape index (κ3) is 2.11. The summed E-state index contributed by atoms with van der Waals surface area (Å²) in [6.45, 7) is 2.99. The normalized spacial score (nSPS) is 22.4. The largest absolute Gasteiger partial charge is 0.481 e. The Bertz CT molecular complexity index is 686. The second-order valence-corrected chi connectivity index (χ2v) is 6.53. The lowest BCUT2D eigenvalue weighted by Gasteiger charge is -2.22. The second-order valence-electron chi connectivity index (χ2n) is 5.37. The second kappa shape index (κ2) is 4.83. The fraction of sp³-hybridized carbons (Fsp3) is 0.357. The standard InChI is InChI=1S/C14H14IN3O2/c1-14(13(19)20)5-6-18(7-14)12-11-9(15)3-2-4-10(11)16-8-17-12/h2-4,8H,5-7H2,1H3,(H,19,20). The summed E-state index contributed by atoms with van der Waals surface area (Å²) in [4.78, 5) is 22.1. The van der Waals surface area contributed by atoms with Gasteiger partial charge in [-0.15, -0.1) is 0 Å². The average molecular weight is 383 g/mol. The van der Waals surface area contributed by atoms with Crippen molar-refractivity contribution in [1.29, 1.82) is 0 Å². The Morgan fingerprint density at radius 2 is 2.25 bits per heavy atom. The number of carboxylic acid groups (broad SMARTS) is 1. The summed E-state index contributed by atoms with van der Waals surface area (Å²) in [7, 11) is 0. The van der Waals surface area contributed by atoms with Crippen molar-refractivity contribution in [2.45, 2.75) is 13.3 Å². The van der Waals surface area contributed by atoms with Crippen molar-refractivity contribution in [1.82, 2.24) is 9.97 Å². The minimum atomic E-state index is -0.743. The van der Waals surface area contributed by atoms with Gasteiger partial charge >= 0.3 is 5.97 Å². The summed E-state index contributed by atoms with van der Waals surface area (Å²) in [6.07, 6.45) is 2.18. The van der Waals surface area contributed by atoms with E-state index in [4.69, 9.17) is 0 Å². The quantitative estimate of drug-likeness (QED) is 0.808. The number of nitrogens with zero attached hydrogens (tertiary/aromatic N) is 3. The zero-order chi connectivity index (χ0) is 14.3. The highest BCUT2D eigenvalue weighted by Gasteiger charge is 2.41. The lowest BCUT2D eigenvalue weighted by atomic mass is 9.90. The molecule has 0 radical (unpaired) electrons. The summed E-state index contributed by atoms with van der Waals surface area (Å²) in [5, 5.41) is 10.3. The van der Waals surface area contributed by atoms with E-state index in [1.54, 1.807) is 13.3 Å². The molecule has 1 aromatic carbocycles. The number of anilines is 1. The lowest BCUT2D eigenvalue weighted by molar-refractivity contribution is -0.146. The molecule has 6 heteroatoms. The minimum Gasteiger partial charge on any atom is -0.481 e. The maximum atomic E-state index is 11.4. The van der Waals surface area contributed by atoms with E-state index in [0.717, 1.165) is 20.3 Å². The van der Waals surface area contributed by atoms with Gasteiger partial charge in [-0.1, -0.05) is 6.07 Å².